The first-order valence-electron chi connectivity index (χ1n) is 9.95. The average molecular weight is 332 g/mol. The van der Waals surface area contributed by atoms with Gasteiger partial charge in [-0.05, 0) is 80.5 Å². The Bertz CT molecular complexity index is 567. The van der Waals surface area contributed by atoms with Crippen molar-refractivity contribution < 1.29 is 14.7 Å². The van der Waals surface area contributed by atoms with Crippen LogP contribution in [0.25, 0.3) is 0 Å². The van der Waals surface area contributed by atoms with Gasteiger partial charge in [0.05, 0.1) is 5.60 Å². The highest BCUT2D eigenvalue weighted by Crippen LogP contribution is 2.68. The predicted molar refractivity (Wildman–Crippen MR) is 92.3 cm³/mol. The molecule has 0 radical (unpaired) electrons. The van der Waals surface area contributed by atoms with Gasteiger partial charge in [0, 0.05) is 18.3 Å². The highest BCUT2D eigenvalue weighted by Gasteiger charge is 2.65. The number of hydrogen-bond donors (Lipinski definition) is 1. The van der Waals surface area contributed by atoms with E-state index in [1.54, 1.807) is 0 Å². The summed E-state index contributed by atoms with van der Waals surface area (Å²) in [5, 5.41) is 11.0. The van der Waals surface area contributed by atoms with Crippen molar-refractivity contribution in [1.82, 2.24) is 0 Å². The van der Waals surface area contributed by atoms with Gasteiger partial charge < -0.3 is 9.90 Å². The maximum atomic E-state index is 12.4. The zero-order valence-electron chi connectivity index (χ0n) is 15.4. The van der Waals surface area contributed by atoms with Gasteiger partial charge in [0.15, 0.2) is 0 Å². The number of aldehydes is 1. The summed E-state index contributed by atoms with van der Waals surface area (Å²) in [7, 11) is 0. The molecule has 4 saturated carbocycles. The molecule has 134 valence electrons. The van der Waals surface area contributed by atoms with Crippen LogP contribution in [0.1, 0.15) is 72.1 Å². The molecule has 4 aliphatic rings. The molecule has 1 N–H and O–H groups in total. The molecule has 24 heavy (non-hydrogen) atoms. The van der Waals surface area contributed by atoms with Gasteiger partial charge in [0.25, 0.3) is 0 Å². The van der Waals surface area contributed by atoms with Crippen LogP contribution in [0, 0.1) is 40.4 Å². The van der Waals surface area contributed by atoms with Crippen LogP contribution in [0.5, 0.6) is 0 Å². The van der Waals surface area contributed by atoms with Crippen molar-refractivity contribution in [2.24, 2.45) is 40.4 Å². The van der Waals surface area contributed by atoms with E-state index in [4.69, 9.17) is 0 Å². The lowest BCUT2D eigenvalue weighted by Gasteiger charge is -2.61. The molecule has 0 aromatic carbocycles. The fourth-order valence-corrected chi connectivity index (χ4v) is 7.62. The van der Waals surface area contributed by atoms with Crippen LogP contribution in [0.4, 0.5) is 0 Å². The molecule has 3 nitrogen and oxygen atoms in total. The van der Waals surface area contributed by atoms with Crippen molar-refractivity contribution in [1.29, 1.82) is 0 Å². The van der Waals surface area contributed by atoms with Crippen molar-refractivity contribution in [2.75, 3.05) is 0 Å². The van der Waals surface area contributed by atoms with Gasteiger partial charge in [-0.3, -0.25) is 4.79 Å². The SMILES string of the molecule is C[C@H]1C[C@@H]2[C@H](CC[C@@]3(C)[C@H]2CC[C@]3(C)O)[C@@]2(C=O)CCC(=O)C[C@H]12. The van der Waals surface area contributed by atoms with E-state index in [1.165, 1.54) is 6.29 Å². The third-order valence-electron chi connectivity index (χ3n) is 9.21. The fourth-order valence-electron chi connectivity index (χ4n) is 7.62. The fraction of sp³-hybridized carbons (Fsp3) is 0.905. The van der Waals surface area contributed by atoms with Crippen molar-refractivity contribution in [2.45, 2.75) is 77.7 Å². The maximum absolute atomic E-state index is 12.4. The van der Waals surface area contributed by atoms with Crippen molar-refractivity contribution in [3.05, 3.63) is 0 Å². The molecule has 0 heterocycles. The first kappa shape index (κ1) is 16.8. The molecule has 4 rings (SSSR count). The third kappa shape index (κ3) is 1.94. The van der Waals surface area contributed by atoms with E-state index in [2.05, 4.69) is 13.8 Å². The van der Waals surface area contributed by atoms with Crippen molar-refractivity contribution >= 4 is 12.1 Å². The smallest absolute Gasteiger partial charge is 0.133 e. The number of fused-ring (bicyclic) bond motifs is 5. The lowest BCUT2D eigenvalue weighted by atomic mass is 9.42. The normalized spacial score (nSPS) is 57.0. The standard InChI is InChI=1S/C21H32O3/c1-13-10-15-16-6-8-20(3,24)19(16,2)7-5-17(15)21(12-22)9-4-14(23)11-18(13)21/h12-13,15-18,24H,4-11H2,1-3H3/t13-,15-,16-,17-,18+,19-,20-,21-/m0/s1. The second-order valence-corrected chi connectivity index (χ2v) is 9.94. The monoisotopic (exact) mass is 332 g/mol. The van der Waals surface area contributed by atoms with E-state index in [9.17, 15) is 14.7 Å². The summed E-state index contributed by atoms with van der Waals surface area (Å²) >= 11 is 0. The molecular weight excluding hydrogens is 300 g/mol. The van der Waals surface area contributed by atoms with Gasteiger partial charge in [-0.2, -0.15) is 0 Å². The molecule has 0 amide bonds. The molecular formula is C21H32O3. The molecule has 0 bridgehead atoms. The molecule has 0 aliphatic heterocycles. The quantitative estimate of drug-likeness (QED) is 0.744. The number of carbonyl (C=O) groups excluding carboxylic acids is 2. The summed E-state index contributed by atoms with van der Waals surface area (Å²) in [5.41, 5.74) is -0.846. The third-order valence-corrected chi connectivity index (χ3v) is 9.21. The molecule has 4 aliphatic carbocycles. The molecule has 0 aromatic rings. The van der Waals surface area contributed by atoms with E-state index >= 15 is 0 Å². The number of rotatable bonds is 1. The molecule has 8 atom stereocenters. The molecule has 0 unspecified atom stereocenters. The minimum Gasteiger partial charge on any atom is -0.390 e. The first-order valence-corrected chi connectivity index (χ1v) is 9.95. The van der Waals surface area contributed by atoms with Crippen LogP contribution in [0.3, 0.4) is 0 Å². The lowest BCUT2D eigenvalue weighted by molar-refractivity contribution is -0.170. The number of carbonyl (C=O) groups is 2. The number of hydrogen-bond acceptors (Lipinski definition) is 3. The summed E-state index contributed by atoms with van der Waals surface area (Å²) < 4.78 is 0. The Morgan fingerprint density at radius 1 is 1.08 bits per heavy atom. The van der Waals surface area contributed by atoms with E-state index < -0.39 is 5.60 Å². The second-order valence-electron chi connectivity index (χ2n) is 9.94. The Morgan fingerprint density at radius 3 is 2.50 bits per heavy atom. The van der Waals surface area contributed by atoms with Gasteiger partial charge in [-0.15, -0.1) is 0 Å². The Kier molecular flexibility index (Phi) is 3.60. The highest BCUT2D eigenvalue weighted by atomic mass is 16.3. The summed E-state index contributed by atoms with van der Waals surface area (Å²) in [6.45, 7) is 6.57. The first-order chi connectivity index (χ1) is 11.2. The summed E-state index contributed by atoms with van der Waals surface area (Å²) in [4.78, 5) is 24.4. The Balaban J connectivity index is 1.73. The average Bonchev–Trinajstić information content (AvgIpc) is 2.78. The van der Waals surface area contributed by atoms with Crippen molar-refractivity contribution in [3.8, 4) is 0 Å². The molecule has 0 saturated heterocycles. The Labute approximate surface area is 145 Å². The Hall–Kier alpha value is -0.700. The molecule has 4 fully saturated rings. The summed E-state index contributed by atoms with van der Waals surface area (Å²) in [6, 6.07) is 0. The largest absolute Gasteiger partial charge is 0.390 e. The highest BCUT2D eigenvalue weighted by molar-refractivity contribution is 5.82. The number of aliphatic hydroxyl groups is 1. The predicted octanol–water partition coefficient (Wildman–Crippen LogP) is 3.77. The van der Waals surface area contributed by atoms with Crippen LogP contribution in [-0.2, 0) is 9.59 Å². The minimum atomic E-state index is -0.570. The number of ketones is 1. The van der Waals surface area contributed by atoms with Crippen LogP contribution in [0.15, 0.2) is 0 Å². The van der Waals surface area contributed by atoms with Crippen LogP contribution in [0.2, 0.25) is 0 Å². The van der Waals surface area contributed by atoms with E-state index in [1.807, 2.05) is 6.92 Å². The summed E-state index contributed by atoms with van der Waals surface area (Å²) in [6.07, 6.45) is 8.42. The topological polar surface area (TPSA) is 54.4 Å². The van der Waals surface area contributed by atoms with E-state index in [0.29, 0.717) is 42.3 Å². The van der Waals surface area contributed by atoms with E-state index in [0.717, 1.165) is 38.5 Å². The van der Waals surface area contributed by atoms with Gasteiger partial charge in [-0.25, -0.2) is 0 Å². The van der Waals surface area contributed by atoms with Gasteiger partial charge >= 0.3 is 0 Å². The Morgan fingerprint density at radius 2 is 1.79 bits per heavy atom. The van der Waals surface area contributed by atoms with Crippen molar-refractivity contribution in [3.63, 3.8) is 0 Å². The van der Waals surface area contributed by atoms with E-state index in [-0.39, 0.29) is 16.7 Å². The van der Waals surface area contributed by atoms with Crippen LogP contribution < -0.4 is 0 Å². The molecule has 3 heteroatoms. The maximum Gasteiger partial charge on any atom is 0.133 e. The number of Topliss-reactive ketones (excluding diaryl/α,β-unsaturated/α-hetero) is 1. The molecule has 0 spiro atoms. The zero-order valence-corrected chi connectivity index (χ0v) is 15.4. The lowest BCUT2D eigenvalue weighted by Crippen LogP contribution is -2.59. The minimum absolute atomic E-state index is 0.00468. The summed E-state index contributed by atoms with van der Waals surface area (Å²) in [5.74, 6) is 2.55. The molecule has 0 aromatic heterocycles. The van der Waals surface area contributed by atoms with Gasteiger partial charge in [0.2, 0.25) is 0 Å². The second kappa shape index (κ2) is 5.16. The van der Waals surface area contributed by atoms with Crippen LogP contribution >= 0.6 is 0 Å². The van der Waals surface area contributed by atoms with Gasteiger partial charge in [-0.1, -0.05) is 13.8 Å². The van der Waals surface area contributed by atoms with Crippen LogP contribution in [-0.4, -0.2) is 22.8 Å². The van der Waals surface area contributed by atoms with Gasteiger partial charge in [0.1, 0.15) is 12.1 Å². The zero-order chi connectivity index (χ0) is 17.3.